The molecule has 1 aliphatic heterocycles. The molecule has 0 spiro atoms. The molecule has 2 N–H and O–H groups in total. The van der Waals surface area contributed by atoms with Gasteiger partial charge < -0.3 is 24.8 Å². The number of anilines is 1. The van der Waals surface area contributed by atoms with Gasteiger partial charge >= 0.3 is 5.97 Å². The summed E-state index contributed by atoms with van der Waals surface area (Å²) in [7, 11) is 1.63. The lowest BCUT2D eigenvalue weighted by Crippen LogP contribution is -2.42. The van der Waals surface area contributed by atoms with Crippen molar-refractivity contribution in [2.45, 2.75) is 38.8 Å². The molecule has 0 amide bonds. The first kappa shape index (κ1) is 22.2. The van der Waals surface area contributed by atoms with Gasteiger partial charge in [0.25, 0.3) is 0 Å². The van der Waals surface area contributed by atoms with E-state index in [0.717, 1.165) is 23.5 Å². The molecule has 0 aromatic heterocycles. The van der Waals surface area contributed by atoms with Crippen LogP contribution in [0.3, 0.4) is 0 Å². The fourth-order valence-electron chi connectivity index (χ4n) is 3.38. The predicted molar refractivity (Wildman–Crippen MR) is 122 cm³/mol. The highest BCUT2D eigenvalue weighted by Crippen LogP contribution is 2.41. The molecular formula is C22H25ClN2O4S. The zero-order valence-corrected chi connectivity index (χ0v) is 18.9. The molecule has 1 heterocycles. The van der Waals surface area contributed by atoms with E-state index in [1.807, 2.05) is 32.0 Å². The van der Waals surface area contributed by atoms with Crippen molar-refractivity contribution in [1.29, 1.82) is 0 Å². The second-order valence-electron chi connectivity index (χ2n) is 7.54. The maximum Gasteiger partial charge on any atom is 0.339 e. The molecule has 0 bridgehead atoms. The number of nitrogens with one attached hydrogen (secondary N) is 2. The van der Waals surface area contributed by atoms with Gasteiger partial charge in [-0.05, 0) is 63.3 Å². The number of hydrogen-bond acceptors (Lipinski definition) is 5. The monoisotopic (exact) mass is 448 g/mol. The summed E-state index contributed by atoms with van der Waals surface area (Å²) < 4.78 is 16.4. The summed E-state index contributed by atoms with van der Waals surface area (Å²) >= 11 is 11.8. The summed E-state index contributed by atoms with van der Waals surface area (Å²) in [6.07, 6.45) is 0.733. The van der Waals surface area contributed by atoms with Crippen LogP contribution in [0.5, 0.6) is 11.5 Å². The van der Waals surface area contributed by atoms with Crippen LogP contribution in [0.25, 0.3) is 0 Å². The number of esters is 1. The number of rotatable bonds is 5. The largest absolute Gasteiger partial charge is 0.497 e. The van der Waals surface area contributed by atoms with E-state index in [-0.39, 0.29) is 18.2 Å². The van der Waals surface area contributed by atoms with Gasteiger partial charge in [-0.25, -0.2) is 4.79 Å². The Bertz CT molecular complexity index is 964. The standard InChI is InChI=1S/C22H25ClN2O4S/c1-5-28-20(26)15-8-6-13(10-17(15)23)24-21(30)25-18-12-22(2,3)29-19-11-14(27-4)7-9-16(18)19/h6-11,18H,5,12H2,1-4H3,(H2,24,25,30). The smallest absolute Gasteiger partial charge is 0.339 e. The molecule has 2 aromatic rings. The van der Waals surface area contributed by atoms with Gasteiger partial charge in [-0.3, -0.25) is 0 Å². The lowest BCUT2D eigenvalue weighted by molar-refractivity contribution is 0.0526. The summed E-state index contributed by atoms with van der Waals surface area (Å²) in [5.74, 6) is 1.06. The van der Waals surface area contributed by atoms with Gasteiger partial charge in [0, 0.05) is 23.7 Å². The van der Waals surface area contributed by atoms with E-state index in [2.05, 4.69) is 10.6 Å². The zero-order valence-electron chi connectivity index (χ0n) is 17.4. The quantitative estimate of drug-likeness (QED) is 0.486. The Morgan fingerprint density at radius 1 is 1.30 bits per heavy atom. The molecule has 1 unspecified atom stereocenters. The van der Waals surface area contributed by atoms with Crippen molar-refractivity contribution in [2.24, 2.45) is 0 Å². The van der Waals surface area contributed by atoms with Crippen LogP contribution in [0.1, 0.15) is 49.2 Å². The van der Waals surface area contributed by atoms with Crippen molar-refractivity contribution in [1.82, 2.24) is 5.32 Å². The van der Waals surface area contributed by atoms with Gasteiger partial charge in [0.1, 0.15) is 17.1 Å². The number of ether oxygens (including phenoxy) is 3. The Morgan fingerprint density at radius 3 is 2.73 bits per heavy atom. The molecule has 0 radical (unpaired) electrons. The molecule has 0 aliphatic carbocycles. The Labute approximate surface area is 186 Å². The van der Waals surface area contributed by atoms with Crippen LogP contribution in [0.4, 0.5) is 5.69 Å². The number of fused-ring (bicyclic) bond motifs is 1. The van der Waals surface area contributed by atoms with E-state index >= 15 is 0 Å². The van der Waals surface area contributed by atoms with E-state index in [0.29, 0.717) is 21.4 Å². The average molecular weight is 449 g/mol. The van der Waals surface area contributed by atoms with Crippen molar-refractivity contribution in [3.8, 4) is 11.5 Å². The molecule has 30 heavy (non-hydrogen) atoms. The van der Waals surface area contributed by atoms with E-state index in [1.54, 1.807) is 32.2 Å². The molecule has 8 heteroatoms. The highest BCUT2D eigenvalue weighted by molar-refractivity contribution is 7.80. The molecule has 6 nitrogen and oxygen atoms in total. The minimum atomic E-state index is -0.453. The molecule has 0 saturated carbocycles. The highest BCUT2D eigenvalue weighted by Gasteiger charge is 2.34. The second kappa shape index (κ2) is 9.10. The lowest BCUT2D eigenvalue weighted by Gasteiger charge is -2.38. The lowest BCUT2D eigenvalue weighted by atomic mass is 9.89. The Morgan fingerprint density at radius 2 is 2.07 bits per heavy atom. The van der Waals surface area contributed by atoms with Crippen molar-refractivity contribution < 1.29 is 19.0 Å². The van der Waals surface area contributed by atoms with Crippen LogP contribution in [0.15, 0.2) is 36.4 Å². The predicted octanol–water partition coefficient (Wildman–Crippen LogP) is 5.11. The van der Waals surface area contributed by atoms with Gasteiger partial charge in [-0.1, -0.05) is 11.6 Å². The SMILES string of the molecule is CCOC(=O)c1ccc(NC(=S)NC2CC(C)(C)Oc3cc(OC)ccc32)cc1Cl. The zero-order chi connectivity index (χ0) is 21.9. The molecule has 160 valence electrons. The van der Waals surface area contributed by atoms with Crippen molar-refractivity contribution >= 4 is 40.6 Å². The van der Waals surface area contributed by atoms with Crippen LogP contribution < -0.4 is 20.1 Å². The van der Waals surface area contributed by atoms with Gasteiger partial charge in [0.05, 0.1) is 30.3 Å². The first-order chi connectivity index (χ1) is 14.2. The highest BCUT2D eigenvalue weighted by atomic mass is 35.5. The van der Waals surface area contributed by atoms with Crippen LogP contribution in [0, 0.1) is 0 Å². The van der Waals surface area contributed by atoms with E-state index < -0.39 is 5.97 Å². The van der Waals surface area contributed by atoms with Crippen LogP contribution in [-0.4, -0.2) is 30.4 Å². The molecular weight excluding hydrogens is 424 g/mol. The van der Waals surface area contributed by atoms with Crippen LogP contribution >= 0.6 is 23.8 Å². The fraction of sp³-hybridized carbons (Fsp3) is 0.364. The first-order valence-electron chi connectivity index (χ1n) is 9.63. The molecule has 2 aromatic carbocycles. The number of hydrogen-bond donors (Lipinski definition) is 2. The summed E-state index contributed by atoms with van der Waals surface area (Å²) in [4.78, 5) is 11.9. The normalized spacial score (nSPS) is 16.6. The number of benzene rings is 2. The summed E-state index contributed by atoms with van der Waals surface area (Å²) in [5.41, 5.74) is 1.64. The van der Waals surface area contributed by atoms with E-state index in [9.17, 15) is 4.79 Å². The Kier molecular flexibility index (Phi) is 6.73. The maximum atomic E-state index is 11.9. The first-order valence-corrected chi connectivity index (χ1v) is 10.4. The van der Waals surface area contributed by atoms with Crippen molar-refractivity contribution in [2.75, 3.05) is 19.0 Å². The fourth-order valence-corrected chi connectivity index (χ4v) is 3.90. The number of methoxy groups -OCH3 is 1. The number of carbonyl (C=O) groups excluding carboxylic acids is 1. The van der Waals surface area contributed by atoms with Gasteiger partial charge in [0.15, 0.2) is 5.11 Å². The van der Waals surface area contributed by atoms with Gasteiger partial charge in [0.2, 0.25) is 0 Å². The summed E-state index contributed by atoms with van der Waals surface area (Å²) in [6, 6.07) is 10.7. The number of carbonyl (C=O) groups is 1. The van der Waals surface area contributed by atoms with E-state index in [4.69, 9.17) is 38.0 Å². The average Bonchev–Trinajstić information content (AvgIpc) is 2.66. The Balaban J connectivity index is 1.73. The second-order valence-corrected chi connectivity index (χ2v) is 8.35. The van der Waals surface area contributed by atoms with Gasteiger partial charge in [-0.15, -0.1) is 0 Å². The third-order valence-electron chi connectivity index (χ3n) is 4.71. The minimum Gasteiger partial charge on any atom is -0.497 e. The number of halogens is 1. The summed E-state index contributed by atoms with van der Waals surface area (Å²) in [5, 5.41) is 7.23. The molecule has 1 atom stereocenters. The summed E-state index contributed by atoms with van der Waals surface area (Å²) in [6.45, 7) is 6.11. The topological polar surface area (TPSA) is 68.8 Å². The molecule has 3 rings (SSSR count). The third-order valence-corrected chi connectivity index (χ3v) is 5.24. The van der Waals surface area contributed by atoms with Crippen LogP contribution in [0.2, 0.25) is 5.02 Å². The molecule has 0 saturated heterocycles. The number of thiocarbonyl (C=S) groups is 1. The van der Waals surface area contributed by atoms with E-state index in [1.165, 1.54) is 0 Å². The Hall–Kier alpha value is -2.51. The van der Waals surface area contributed by atoms with Crippen LogP contribution in [-0.2, 0) is 4.74 Å². The minimum absolute atomic E-state index is 0.0380. The van der Waals surface area contributed by atoms with Crippen molar-refractivity contribution in [3.63, 3.8) is 0 Å². The maximum absolute atomic E-state index is 11.9. The van der Waals surface area contributed by atoms with Crippen molar-refractivity contribution in [3.05, 3.63) is 52.5 Å². The third kappa shape index (κ3) is 5.15. The van der Waals surface area contributed by atoms with Gasteiger partial charge in [-0.2, -0.15) is 0 Å². The molecule has 1 aliphatic rings. The molecule has 0 fully saturated rings.